The van der Waals surface area contributed by atoms with E-state index in [1.54, 1.807) is 6.20 Å². The average Bonchev–Trinajstić information content (AvgIpc) is 2.61. The molecule has 0 spiro atoms. The number of rotatable bonds is 5. The Kier molecular flexibility index (Phi) is 4.75. The van der Waals surface area contributed by atoms with E-state index in [4.69, 9.17) is 4.74 Å². The molecule has 3 rings (SSSR count). The Morgan fingerprint density at radius 3 is 2.75 bits per heavy atom. The molecule has 3 aromatic rings. The normalized spacial score (nSPS) is 10.6. The Hall–Kier alpha value is -2.88. The Morgan fingerprint density at radius 1 is 1.12 bits per heavy atom. The van der Waals surface area contributed by atoms with Crippen molar-refractivity contribution in [1.82, 2.24) is 4.98 Å². The van der Waals surface area contributed by atoms with Crippen LogP contribution >= 0.6 is 0 Å². The van der Waals surface area contributed by atoms with Crippen LogP contribution < -0.4 is 10.1 Å². The first-order chi connectivity index (χ1) is 11.7. The number of nitrogens with zero attached hydrogens (tertiary/aromatic N) is 1. The molecular weight excluding hydrogens is 300 g/mol. The lowest BCUT2D eigenvalue weighted by molar-refractivity contribution is -0.118. The van der Waals surface area contributed by atoms with E-state index in [1.807, 2.05) is 55.5 Å². The number of pyridine rings is 1. The molecule has 1 amide bonds. The van der Waals surface area contributed by atoms with Gasteiger partial charge >= 0.3 is 0 Å². The number of carbonyl (C=O) groups excluding carboxylic acids is 1. The topological polar surface area (TPSA) is 51.2 Å². The molecule has 0 saturated heterocycles. The molecule has 0 aliphatic carbocycles. The lowest BCUT2D eigenvalue weighted by atomic mass is 10.1. The largest absolute Gasteiger partial charge is 0.481 e. The van der Waals surface area contributed by atoms with Gasteiger partial charge in [0.05, 0.1) is 0 Å². The Bertz CT molecular complexity index is 869. The number of hydrogen-bond donors (Lipinski definition) is 1. The SMILES string of the molecule is CCc1cccc(C)c1NC(=O)COc1cccc2cccnc12. The van der Waals surface area contributed by atoms with Crippen LogP contribution in [0, 0.1) is 6.92 Å². The summed E-state index contributed by atoms with van der Waals surface area (Å²) in [6.45, 7) is 4.01. The monoisotopic (exact) mass is 320 g/mol. The maximum Gasteiger partial charge on any atom is 0.262 e. The van der Waals surface area contributed by atoms with Crippen LogP contribution in [0.3, 0.4) is 0 Å². The smallest absolute Gasteiger partial charge is 0.262 e. The minimum atomic E-state index is -0.174. The van der Waals surface area contributed by atoms with E-state index in [9.17, 15) is 4.79 Å². The molecular formula is C20H20N2O2. The van der Waals surface area contributed by atoms with Crippen molar-refractivity contribution in [3.05, 3.63) is 65.9 Å². The predicted octanol–water partition coefficient (Wildman–Crippen LogP) is 4.12. The summed E-state index contributed by atoms with van der Waals surface area (Å²) in [7, 11) is 0. The molecule has 0 saturated carbocycles. The fourth-order valence-electron chi connectivity index (χ4n) is 2.71. The van der Waals surface area contributed by atoms with Crippen molar-refractivity contribution in [2.75, 3.05) is 11.9 Å². The van der Waals surface area contributed by atoms with Gasteiger partial charge in [-0.1, -0.05) is 43.3 Å². The highest BCUT2D eigenvalue weighted by Crippen LogP contribution is 2.24. The van der Waals surface area contributed by atoms with E-state index >= 15 is 0 Å². The predicted molar refractivity (Wildman–Crippen MR) is 96.4 cm³/mol. The molecule has 2 aromatic carbocycles. The highest BCUT2D eigenvalue weighted by atomic mass is 16.5. The minimum Gasteiger partial charge on any atom is -0.481 e. The van der Waals surface area contributed by atoms with E-state index < -0.39 is 0 Å². The summed E-state index contributed by atoms with van der Waals surface area (Å²) < 4.78 is 5.69. The molecule has 1 aromatic heterocycles. The third-order valence-electron chi connectivity index (χ3n) is 3.96. The van der Waals surface area contributed by atoms with E-state index in [-0.39, 0.29) is 12.5 Å². The highest BCUT2D eigenvalue weighted by molar-refractivity contribution is 5.94. The summed E-state index contributed by atoms with van der Waals surface area (Å²) >= 11 is 0. The zero-order chi connectivity index (χ0) is 16.9. The summed E-state index contributed by atoms with van der Waals surface area (Å²) in [4.78, 5) is 16.6. The number of amides is 1. The summed E-state index contributed by atoms with van der Waals surface area (Å²) in [5, 5.41) is 3.95. The number of para-hydroxylation sites is 2. The molecule has 0 radical (unpaired) electrons. The minimum absolute atomic E-state index is 0.0484. The van der Waals surface area contributed by atoms with Crippen LogP contribution in [0.2, 0.25) is 0 Å². The molecule has 122 valence electrons. The van der Waals surface area contributed by atoms with Crippen LogP contribution in [0.25, 0.3) is 10.9 Å². The summed E-state index contributed by atoms with van der Waals surface area (Å²) in [5.41, 5.74) is 3.81. The standard InChI is InChI=1S/C20H20N2O2/c1-3-15-8-4-7-14(2)19(15)22-18(23)13-24-17-11-5-9-16-10-6-12-21-20(16)17/h4-12H,3,13H2,1-2H3,(H,22,23). The van der Waals surface area contributed by atoms with Crippen LogP contribution in [0.15, 0.2) is 54.7 Å². The second kappa shape index (κ2) is 7.13. The maximum absolute atomic E-state index is 12.3. The van der Waals surface area contributed by atoms with E-state index in [2.05, 4.69) is 17.2 Å². The van der Waals surface area contributed by atoms with Crippen LogP contribution in [0.5, 0.6) is 5.75 Å². The van der Waals surface area contributed by atoms with Crippen molar-refractivity contribution >= 4 is 22.5 Å². The van der Waals surface area contributed by atoms with Crippen molar-refractivity contribution in [3.8, 4) is 5.75 Å². The number of hydrogen-bond acceptors (Lipinski definition) is 3. The van der Waals surface area contributed by atoms with Gasteiger partial charge in [-0.15, -0.1) is 0 Å². The van der Waals surface area contributed by atoms with Crippen molar-refractivity contribution in [1.29, 1.82) is 0 Å². The number of benzene rings is 2. The number of anilines is 1. The third-order valence-corrected chi connectivity index (χ3v) is 3.96. The summed E-state index contributed by atoms with van der Waals surface area (Å²) in [6, 6.07) is 15.6. The van der Waals surface area contributed by atoms with Crippen molar-refractivity contribution in [3.63, 3.8) is 0 Å². The molecule has 4 heteroatoms. The van der Waals surface area contributed by atoms with Crippen LogP contribution in [-0.2, 0) is 11.2 Å². The molecule has 0 atom stereocenters. The van der Waals surface area contributed by atoms with Gasteiger partial charge in [0.2, 0.25) is 0 Å². The quantitative estimate of drug-likeness (QED) is 0.769. The molecule has 0 aliphatic heterocycles. The van der Waals surface area contributed by atoms with Gasteiger partial charge in [0.1, 0.15) is 11.3 Å². The van der Waals surface area contributed by atoms with Gasteiger partial charge in [0.15, 0.2) is 6.61 Å². The average molecular weight is 320 g/mol. The van der Waals surface area contributed by atoms with Gasteiger partial charge in [-0.2, -0.15) is 0 Å². The lowest BCUT2D eigenvalue weighted by Gasteiger charge is -2.13. The number of aryl methyl sites for hydroxylation is 2. The lowest BCUT2D eigenvalue weighted by Crippen LogP contribution is -2.21. The fourth-order valence-corrected chi connectivity index (χ4v) is 2.71. The highest BCUT2D eigenvalue weighted by Gasteiger charge is 2.10. The molecule has 1 N–H and O–H groups in total. The second-order valence-electron chi connectivity index (χ2n) is 5.63. The molecule has 4 nitrogen and oxygen atoms in total. The number of nitrogens with one attached hydrogen (secondary N) is 1. The number of fused-ring (bicyclic) bond motifs is 1. The Labute approximate surface area is 141 Å². The summed E-state index contributed by atoms with van der Waals surface area (Å²) in [5.74, 6) is 0.440. The maximum atomic E-state index is 12.3. The number of ether oxygens (including phenoxy) is 1. The summed E-state index contributed by atoms with van der Waals surface area (Å²) in [6.07, 6.45) is 2.58. The third kappa shape index (κ3) is 3.38. The van der Waals surface area contributed by atoms with Crippen molar-refractivity contribution < 1.29 is 9.53 Å². The van der Waals surface area contributed by atoms with E-state index in [0.717, 1.165) is 34.1 Å². The Morgan fingerprint density at radius 2 is 1.92 bits per heavy atom. The number of aromatic nitrogens is 1. The van der Waals surface area contributed by atoms with Crippen molar-refractivity contribution in [2.24, 2.45) is 0 Å². The van der Waals surface area contributed by atoms with E-state index in [0.29, 0.717) is 5.75 Å². The molecule has 0 unspecified atom stereocenters. The first-order valence-electron chi connectivity index (χ1n) is 8.04. The van der Waals surface area contributed by atoms with E-state index in [1.165, 1.54) is 0 Å². The van der Waals surface area contributed by atoms with Gasteiger partial charge in [0, 0.05) is 17.3 Å². The van der Waals surface area contributed by atoms with Gasteiger partial charge < -0.3 is 10.1 Å². The van der Waals surface area contributed by atoms with Crippen LogP contribution in [0.4, 0.5) is 5.69 Å². The molecule has 0 aliphatic rings. The van der Waals surface area contributed by atoms with Gasteiger partial charge in [0.25, 0.3) is 5.91 Å². The van der Waals surface area contributed by atoms with Gasteiger partial charge in [-0.3, -0.25) is 9.78 Å². The molecule has 0 bridgehead atoms. The zero-order valence-electron chi connectivity index (χ0n) is 13.9. The molecule has 1 heterocycles. The first-order valence-corrected chi connectivity index (χ1v) is 8.04. The fraction of sp³-hybridized carbons (Fsp3) is 0.200. The first kappa shape index (κ1) is 16.0. The second-order valence-corrected chi connectivity index (χ2v) is 5.63. The molecule has 0 fully saturated rings. The van der Waals surface area contributed by atoms with Gasteiger partial charge in [-0.25, -0.2) is 0 Å². The van der Waals surface area contributed by atoms with Gasteiger partial charge in [-0.05, 0) is 36.6 Å². The van der Waals surface area contributed by atoms with Crippen LogP contribution in [0.1, 0.15) is 18.1 Å². The van der Waals surface area contributed by atoms with Crippen LogP contribution in [-0.4, -0.2) is 17.5 Å². The number of carbonyl (C=O) groups is 1. The zero-order valence-corrected chi connectivity index (χ0v) is 13.9. The molecule has 24 heavy (non-hydrogen) atoms. The van der Waals surface area contributed by atoms with Crippen molar-refractivity contribution in [2.45, 2.75) is 20.3 Å². The Balaban J connectivity index is 1.72.